The van der Waals surface area contributed by atoms with Gasteiger partial charge in [0, 0.05) is 0 Å². The molecule has 2 aliphatic rings. The van der Waals surface area contributed by atoms with Crippen LogP contribution in [-0.4, -0.2) is 5.98 Å². The molecule has 0 spiro atoms. The summed E-state index contributed by atoms with van der Waals surface area (Å²) in [5, 5.41) is 0. The standard InChI is InChI=1S/2C18H25.C2H7Si.2ClH.Hf/c2*1-11(2)14-7-16-8-15(12(3)4)10-18(16)17(9-14)13(5)6;1-3-2;;;/h2*7-13H,1-6H3;3H,1-2H3;2*1H;/q;;;;;+2/p-2. The molecule has 0 radical (unpaired) electrons. The van der Waals surface area contributed by atoms with E-state index in [1.54, 1.807) is 0 Å². The van der Waals surface area contributed by atoms with Crippen molar-refractivity contribution >= 4 is 35.3 Å². The summed E-state index contributed by atoms with van der Waals surface area (Å²) in [5.41, 5.74) is 14.5. The Balaban J connectivity index is 2.16. The van der Waals surface area contributed by atoms with Gasteiger partial charge >= 0.3 is 270 Å². The second-order valence-corrected chi connectivity index (χ2v) is 75.0. The Bertz CT molecular complexity index is 1320. The molecule has 0 aromatic heterocycles. The fourth-order valence-corrected chi connectivity index (χ4v) is 52.3. The summed E-state index contributed by atoms with van der Waals surface area (Å²) in [4.78, 5) is 0. The van der Waals surface area contributed by atoms with Gasteiger partial charge in [-0.3, -0.25) is 0 Å². The third kappa shape index (κ3) is 5.49. The zero-order valence-electron chi connectivity index (χ0n) is 28.9. The summed E-state index contributed by atoms with van der Waals surface area (Å²) < 4.78 is 0.318. The van der Waals surface area contributed by atoms with Crippen molar-refractivity contribution in [3.05, 3.63) is 79.9 Å². The van der Waals surface area contributed by atoms with Gasteiger partial charge in [-0.15, -0.1) is 0 Å². The Morgan fingerprint density at radius 3 is 1.10 bits per heavy atom. The van der Waals surface area contributed by atoms with Gasteiger partial charge < -0.3 is 0 Å². The van der Waals surface area contributed by atoms with E-state index in [0.29, 0.717) is 35.5 Å². The molecule has 0 N–H and O–H groups in total. The van der Waals surface area contributed by atoms with Crippen LogP contribution >= 0.6 is 17.2 Å². The van der Waals surface area contributed by atoms with Crippen LogP contribution in [0.4, 0.5) is 0 Å². The number of halogens is 2. The molecule has 4 rings (SSSR count). The zero-order valence-corrected chi connectivity index (χ0v) is 35.2. The van der Waals surface area contributed by atoms with E-state index >= 15 is 0 Å². The molecular formula is C38H57Cl2HfSi. The molecule has 0 amide bonds. The van der Waals surface area contributed by atoms with Crippen LogP contribution < -0.4 is 0 Å². The maximum absolute atomic E-state index is 8.77. The molecule has 2 aliphatic carbocycles. The quantitative estimate of drug-likeness (QED) is 0.222. The van der Waals surface area contributed by atoms with Gasteiger partial charge in [-0.05, 0) is 0 Å². The van der Waals surface area contributed by atoms with Crippen LogP contribution in [0, 0.1) is 11.8 Å². The molecule has 0 saturated carbocycles. The van der Waals surface area contributed by atoms with Crippen molar-refractivity contribution in [2.75, 3.05) is 0 Å². The van der Waals surface area contributed by atoms with Gasteiger partial charge in [-0.25, -0.2) is 0 Å². The van der Waals surface area contributed by atoms with Crippen LogP contribution in [0.5, 0.6) is 0 Å². The van der Waals surface area contributed by atoms with Gasteiger partial charge in [0.25, 0.3) is 0 Å². The molecule has 2 aromatic rings. The van der Waals surface area contributed by atoms with Crippen molar-refractivity contribution < 1.29 is 15.3 Å². The molecule has 42 heavy (non-hydrogen) atoms. The Labute approximate surface area is 267 Å². The molecule has 0 fully saturated rings. The minimum atomic E-state index is -4.97. The molecule has 0 saturated heterocycles. The average Bonchev–Trinajstić information content (AvgIpc) is 3.47. The van der Waals surface area contributed by atoms with Gasteiger partial charge in [0.1, 0.15) is 0 Å². The summed E-state index contributed by atoms with van der Waals surface area (Å²) in [7, 11) is 17.5. The van der Waals surface area contributed by atoms with E-state index in [1.807, 2.05) is 0 Å². The minimum absolute atomic E-state index is 0.159. The Morgan fingerprint density at radius 1 is 0.524 bits per heavy atom. The average molecular weight is 791 g/mol. The topological polar surface area (TPSA) is 0 Å². The van der Waals surface area contributed by atoms with Gasteiger partial charge in [0.15, 0.2) is 0 Å². The van der Waals surface area contributed by atoms with Crippen molar-refractivity contribution in [3.8, 4) is 0 Å². The molecule has 0 aliphatic heterocycles. The van der Waals surface area contributed by atoms with E-state index in [9.17, 15) is 0 Å². The summed E-state index contributed by atoms with van der Waals surface area (Å²) in [6.07, 6.45) is 5.08. The molecule has 4 heteroatoms. The predicted octanol–water partition coefficient (Wildman–Crippen LogP) is 13.0. The molecule has 231 valence electrons. The first-order chi connectivity index (χ1) is 19.3. The van der Waals surface area contributed by atoms with E-state index in [2.05, 4.69) is 133 Å². The third-order valence-corrected chi connectivity index (χ3v) is 83.1. The van der Waals surface area contributed by atoms with Crippen LogP contribution in [0.15, 0.2) is 35.4 Å². The maximum atomic E-state index is 8.77. The fourth-order valence-electron chi connectivity index (χ4n) is 7.80. The van der Waals surface area contributed by atoms with Crippen molar-refractivity contribution in [2.45, 2.75) is 127 Å². The van der Waals surface area contributed by atoms with Crippen LogP contribution in [0.1, 0.15) is 159 Å². The number of hydrogen-bond acceptors (Lipinski definition) is 0. The van der Waals surface area contributed by atoms with Crippen LogP contribution in [-0.2, 0) is 15.3 Å². The van der Waals surface area contributed by atoms with Crippen LogP contribution in [0.3, 0.4) is 0 Å². The van der Waals surface area contributed by atoms with Gasteiger partial charge in [-0.1, -0.05) is 0 Å². The summed E-state index contributed by atoms with van der Waals surface area (Å²) in [6.45, 7) is 33.1. The Morgan fingerprint density at radius 2 is 0.857 bits per heavy atom. The van der Waals surface area contributed by atoms with Gasteiger partial charge in [0.05, 0.1) is 0 Å². The predicted molar refractivity (Wildman–Crippen MR) is 191 cm³/mol. The van der Waals surface area contributed by atoms with Crippen LogP contribution in [0.2, 0.25) is 13.1 Å². The monoisotopic (exact) mass is 791 g/mol. The molecule has 2 atom stereocenters. The molecule has 0 heterocycles. The van der Waals surface area contributed by atoms with Crippen molar-refractivity contribution in [1.82, 2.24) is 0 Å². The summed E-state index contributed by atoms with van der Waals surface area (Å²) >= 11 is -4.97. The Hall–Kier alpha value is -0.413. The third-order valence-electron chi connectivity index (χ3n) is 10.6. The van der Waals surface area contributed by atoms with Crippen LogP contribution in [0.25, 0.3) is 12.2 Å². The van der Waals surface area contributed by atoms with E-state index in [0.717, 1.165) is 0 Å². The number of fused-ring (bicyclic) bond motifs is 2. The van der Waals surface area contributed by atoms with E-state index < -0.39 is 21.3 Å². The first-order valence-corrected chi connectivity index (χ1v) is 38.8. The summed E-state index contributed by atoms with van der Waals surface area (Å²) in [6, 6.07) is 10.00. The molecule has 0 bridgehead atoms. The first-order valence-electron chi connectivity index (χ1n) is 16.7. The van der Waals surface area contributed by atoms with E-state index in [-0.39, 0.29) is 7.35 Å². The number of allylic oxidation sites excluding steroid dienone is 2. The SMILES string of the molecule is CC(C)C1=Cc2c(C(C)C)cc(C(C)C)cc2[CH]1[Hf]([Cl])([Cl])([CH]1C(C(C)C)=Cc2c(C(C)C)cc(C(C)C)cc21)[SiH](C)C. The normalized spacial score (nSPS) is 19.8. The second kappa shape index (κ2) is 12.1. The number of rotatable bonds is 9. The summed E-state index contributed by atoms with van der Waals surface area (Å²) in [5.74, 6) is 1.01. The van der Waals surface area contributed by atoms with Crippen molar-refractivity contribution in [3.63, 3.8) is 0 Å². The van der Waals surface area contributed by atoms with Gasteiger partial charge in [0.2, 0.25) is 0 Å². The fraction of sp³-hybridized carbons (Fsp3) is 0.579. The van der Waals surface area contributed by atoms with Crippen molar-refractivity contribution in [2.24, 2.45) is 11.8 Å². The molecule has 0 nitrogen and oxygen atoms in total. The van der Waals surface area contributed by atoms with Gasteiger partial charge in [-0.2, -0.15) is 0 Å². The van der Waals surface area contributed by atoms with E-state index in [1.165, 1.54) is 55.7 Å². The van der Waals surface area contributed by atoms with Crippen molar-refractivity contribution in [1.29, 1.82) is 0 Å². The van der Waals surface area contributed by atoms with E-state index in [4.69, 9.17) is 17.2 Å². The number of hydrogen-bond donors (Lipinski definition) is 0. The number of benzene rings is 2. The zero-order chi connectivity index (χ0) is 31.7. The Kier molecular flexibility index (Phi) is 9.90. The molecular weight excluding hydrogens is 734 g/mol. The first kappa shape index (κ1) is 34.5. The molecule has 2 aromatic carbocycles. The second-order valence-electron chi connectivity index (χ2n) is 15.7. The molecule has 2 unspecified atom stereocenters.